The molecule has 0 aliphatic carbocycles. The van der Waals surface area contributed by atoms with Gasteiger partial charge in [0, 0.05) is 44.0 Å². The fourth-order valence-corrected chi connectivity index (χ4v) is 2.34. The minimum Gasteiger partial charge on any atom is -0.355 e. The molecule has 1 atom stereocenters. The number of hydrogen-bond acceptors (Lipinski definition) is 3. The van der Waals surface area contributed by atoms with E-state index in [9.17, 15) is 4.79 Å². The molecule has 5 nitrogen and oxygen atoms in total. The van der Waals surface area contributed by atoms with Crippen molar-refractivity contribution < 1.29 is 4.79 Å². The number of carbonyl (C=O) groups excluding carboxylic acids is 1. The quantitative estimate of drug-likeness (QED) is 0.890. The van der Waals surface area contributed by atoms with Gasteiger partial charge in [-0.05, 0) is 32.6 Å². The second-order valence-corrected chi connectivity index (χ2v) is 5.69. The van der Waals surface area contributed by atoms with Crippen LogP contribution >= 0.6 is 0 Å². The first-order chi connectivity index (χ1) is 10.5. The molecular formula is C17H24N4O. The molecule has 118 valence electrons. The smallest absolute Gasteiger partial charge is 0.216 e. The highest BCUT2D eigenvalue weighted by molar-refractivity contribution is 5.72. The monoisotopic (exact) mass is 300 g/mol. The lowest BCUT2D eigenvalue weighted by atomic mass is 10.0. The van der Waals surface area contributed by atoms with E-state index in [-0.39, 0.29) is 5.91 Å². The summed E-state index contributed by atoms with van der Waals surface area (Å²) in [5, 5.41) is 2.81. The van der Waals surface area contributed by atoms with Crippen LogP contribution in [0.5, 0.6) is 0 Å². The molecule has 0 aliphatic rings. The van der Waals surface area contributed by atoms with E-state index in [0.717, 1.165) is 11.4 Å². The van der Waals surface area contributed by atoms with Crippen LogP contribution in [0.2, 0.25) is 0 Å². The summed E-state index contributed by atoms with van der Waals surface area (Å²) in [5.41, 5.74) is 2.36. The zero-order valence-corrected chi connectivity index (χ0v) is 13.7. The lowest BCUT2D eigenvalue weighted by molar-refractivity contribution is -0.118. The predicted molar refractivity (Wildman–Crippen MR) is 88.4 cm³/mol. The van der Waals surface area contributed by atoms with E-state index in [1.807, 2.05) is 6.20 Å². The van der Waals surface area contributed by atoms with Crippen molar-refractivity contribution in [2.24, 2.45) is 0 Å². The van der Waals surface area contributed by atoms with Gasteiger partial charge >= 0.3 is 0 Å². The van der Waals surface area contributed by atoms with Crippen LogP contribution in [-0.4, -0.2) is 41.0 Å². The molecule has 0 bridgehead atoms. The minimum atomic E-state index is -0.0107. The first-order valence-corrected chi connectivity index (χ1v) is 7.51. The van der Waals surface area contributed by atoms with Crippen molar-refractivity contribution in [2.75, 3.05) is 20.6 Å². The summed E-state index contributed by atoms with van der Waals surface area (Å²) in [6.07, 6.45) is 3.74. The molecule has 1 N–H and O–H groups in total. The third-order valence-electron chi connectivity index (χ3n) is 3.84. The summed E-state index contributed by atoms with van der Waals surface area (Å²) >= 11 is 0. The zero-order chi connectivity index (χ0) is 16.1. The molecule has 0 fully saturated rings. The van der Waals surface area contributed by atoms with E-state index in [0.29, 0.717) is 19.1 Å². The molecule has 1 heterocycles. The second kappa shape index (κ2) is 7.22. The molecule has 0 saturated carbocycles. The third-order valence-corrected chi connectivity index (χ3v) is 3.84. The third kappa shape index (κ3) is 3.95. The van der Waals surface area contributed by atoms with Crippen LogP contribution in [0.1, 0.15) is 25.5 Å². The first kappa shape index (κ1) is 16.2. The second-order valence-electron chi connectivity index (χ2n) is 5.69. The van der Waals surface area contributed by atoms with Gasteiger partial charge in [-0.2, -0.15) is 0 Å². The van der Waals surface area contributed by atoms with Crippen molar-refractivity contribution >= 4 is 5.91 Å². The molecule has 0 saturated heterocycles. The summed E-state index contributed by atoms with van der Waals surface area (Å²) < 4.78 is 2.06. The Morgan fingerprint density at radius 3 is 2.86 bits per heavy atom. The Kier molecular flexibility index (Phi) is 5.33. The molecule has 22 heavy (non-hydrogen) atoms. The van der Waals surface area contributed by atoms with Gasteiger partial charge in [0.15, 0.2) is 0 Å². The van der Waals surface area contributed by atoms with E-state index in [1.54, 1.807) is 6.20 Å². The van der Waals surface area contributed by atoms with Gasteiger partial charge in [0.2, 0.25) is 5.91 Å². The van der Waals surface area contributed by atoms with Crippen LogP contribution in [0, 0.1) is 0 Å². The minimum absolute atomic E-state index is 0.0107. The largest absolute Gasteiger partial charge is 0.355 e. The van der Waals surface area contributed by atoms with Crippen molar-refractivity contribution in [3.63, 3.8) is 0 Å². The number of carbonyl (C=O) groups is 1. The standard InChI is InChI=1S/C17H24N4O/c1-13(20(3)4)15-6-5-7-16(12-15)17-19-9-11-21(17)10-8-18-14(2)22/h5-7,9,11-13H,8,10H2,1-4H3,(H,18,22). The van der Waals surface area contributed by atoms with Crippen LogP contribution < -0.4 is 5.32 Å². The molecule has 1 aromatic carbocycles. The van der Waals surface area contributed by atoms with Crippen LogP contribution in [-0.2, 0) is 11.3 Å². The van der Waals surface area contributed by atoms with Gasteiger partial charge in [0.05, 0.1) is 0 Å². The highest BCUT2D eigenvalue weighted by Gasteiger charge is 2.11. The fraction of sp³-hybridized carbons (Fsp3) is 0.412. The van der Waals surface area contributed by atoms with E-state index in [4.69, 9.17) is 0 Å². The predicted octanol–water partition coefficient (Wildman–Crippen LogP) is 2.31. The summed E-state index contributed by atoms with van der Waals surface area (Å²) in [6, 6.07) is 8.81. The van der Waals surface area contributed by atoms with E-state index in [2.05, 4.69) is 65.1 Å². The van der Waals surface area contributed by atoms with Gasteiger partial charge in [-0.1, -0.05) is 18.2 Å². The Hall–Kier alpha value is -2.14. The SMILES string of the molecule is CC(=O)NCCn1ccnc1-c1cccc(C(C)N(C)C)c1. The number of benzene rings is 1. The Morgan fingerprint density at radius 2 is 2.18 bits per heavy atom. The molecule has 0 aliphatic heterocycles. The first-order valence-electron chi connectivity index (χ1n) is 7.51. The van der Waals surface area contributed by atoms with Crippen LogP contribution in [0.15, 0.2) is 36.7 Å². The maximum Gasteiger partial charge on any atom is 0.216 e. The van der Waals surface area contributed by atoms with Crippen molar-refractivity contribution in [3.05, 3.63) is 42.2 Å². The van der Waals surface area contributed by atoms with Crippen molar-refractivity contribution in [1.82, 2.24) is 19.8 Å². The van der Waals surface area contributed by atoms with E-state index >= 15 is 0 Å². The maximum atomic E-state index is 11.0. The van der Waals surface area contributed by atoms with Crippen LogP contribution in [0.4, 0.5) is 0 Å². The highest BCUT2D eigenvalue weighted by atomic mass is 16.1. The number of hydrogen-bond donors (Lipinski definition) is 1. The van der Waals surface area contributed by atoms with Gasteiger partial charge in [-0.15, -0.1) is 0 Å². The van der Waals surface area contributed by atoms with Crippen LogP contribution in [0.3, 0.4) is 0 Å². The zero-order valence-electron chi connectivity index (χ0n) is 13.7. The average molecular weight is 300 g/mol. The number of rotatable bonds is 6. The molecule has 5 heteroatoms. The number of aromatic nitrogens is 2. The van der Waals surface area contributed by atoms with E-state index < -0.39 is 0 Å². The fourth-order valence-electron chi connectivity index (χ4n) is 2.34. The van der Waals surface area contributed by atoms with Crippen molar-refractivity contribution in [2.45, 2.75) is 26.4 Å². The topological polar surface area (TPSA) is 50.2 Å². The number of imidazole rings is 1. The molecular weight excluding hydrogens is 276 g/mol. The molecule has 0 spiro atoms. The summed E-state index contributed by atoms with van der Waals surface area (Å²) in [4.78, 5) is 17.6. The molecule has 1 unspecified atom stereocenters. The maximum absolute atomic E-state index is 11.0. The molecule has 1 aromatic heterocycles. The number of nitrogens with zero attached hydrogens (tertiary/aromatic N) is 3. The molecule has 2 rings (SSSR count). The summed E-state index contributed by atoms with van der Waals surface area (Å²) in [5.74, 6) is 0.918. The number of amides is 1. The number of nitrogens with one attached hydrogen (secondary N) is 1. The Morgan fingerprint density at radius 1 is 1.41 bits per heavy atom. The molecule has 1 amide bonds. The Balaban J connectivity index is 2.20. The van der Waals surface area contributed by atoms with Gasteiger partial charge in [0.25, 0.3) is 0 Å². The molecule has 2 aromatic rings. The normalized spacial score (nSPS) is 12.4. The van der Waals surface area contributed by atoms with Crippen molar-refractivity contribution in [3.8, 4) is 11.4 Å². The van der Waals surface area contributed by atoms with E-state index in [1.165, 1.54) is 12.5 Å². The Labute approximate surface area is 132 Å². The van der Waals surface area contributed by atoms with Crippen LogP contribution in [0.25, 0.3) is 11.4 Å². The summed E-state index contributed by atoms with van der Waals surface area (Å²) in [6.45, 7) is 5.03. The van der Waals surface area contributed by atoms with Gasteiger partial charge in [-0.3, -0.25) is 4.79 Å². The molecule has 0 radical (unpaired) electrons. The van der Waals surface area contributed by atoms with Gasteiger partial charge in [-0.25, -0.2) is 4.98 Å². The lowest BCUT2D eigenvalue weighted by Crippen LogP contribution is -2.24. The van der Waals surface area contributed by atoms with Gasteiger partial charge < -0.3 is 14.8 Å². The van der Waals surface area contributed by atoms with Crippen molar-refractivity contribution in [1.29, 1.82) is 0 Å². The Bertz CT molecular complexity index is 633. The van der Waals surface area contributed by atoms with Gasteiger partial charge in [0.1, 0.15) is 5.82 Å². The lowest BCUT2D eigenvalue weighted by Gasteiger charge is -2.20. The highest BCUT2D eigenvalue weighted by Crippen LogP contribution is 2.24. The average Bonchev–Trinajstić information content (AvgIpc) is 2.94. The summed E-state index contributed by atoms with van der Waals surface area (Å²) in [7, 11) is 4.15.